The number of aromatic nitrogens is 5. The number of imidazole rings is 1. The minimum atomic E-state index is -0.739. The van der Waals surface area contributed by atoms with Crippen LogP contribution in [-0.2, 0) is 9.47 Å². The average molecular weight is 575 g/mol. The summed E-state index contributed by atoms with van der Waals surface area (Å²) in [5.41, 5.74) is 1.30. The molecule has 1 fully saturated rings. The molecule has 220 valence electrons. The Bertz CT molecular complexity index is 1690. The molecule has 1 aliphatic carbocycles. The highest BCUT2D eigenvalue weighted by molar-refractivity contribution is 5.96. The van der Waals surface area contributed by atoms with Crippen LogP contribution in [0.3, 0.4) is 0 Å². The van der Waals surface area contributed by atoms with E-state index in [0.717, 1.165) is 18.5 Å². The van der Waals surface area contributed by atoms with Crippen molar-refractivity contribution in [2.45, 2.75) is 58.3 Å². The molecule has 5 rings (SSSR count). The van der Waals surface area contributed by atoms with Gasteiger partial charge in [0.05, 0.1) is 35.9 Å². The summed E-state index contributed by atoms with van der Waals surface area (Å²) in [5, 5.41) is 10.6. The van der Waals surface area contributed by atoms with Gasteiger partial charge in [-0.3, -0.25) is 24.0 Å². The van der Waals surface area contributed by atoms with E-state index in [2.05, 4.69) is 25.7 Å². The molecule has 1 aliphatic rings. The summed E-state index contributed by atoms with van der Waals surface area (Å²) < 4.78 is 13.8. The van der Waals surface area contributed by atoms with Crippen LogP contribution in [0.5, 0.6) is 0 Å². The van der Waals surface area contributed by atoms with Gasteiger partial charge in [0.2, 0.25) is 0 Å². The monoisotopic (exact) mass is 574 g/mol. The molecule has 0 aromatic carbocycles. The van der Waals surface area contributed by atoms with Gasteiger partial charge in [0, 0.05) is 32.1 Å². The smallest absolute Gasteiger partial charge is 0.414 e. The Morgan fingerprint density at radius 2 is 1.90 bits per heavy atom. The molecule has 0 bridgehead atoms. The molecule has 13 heteroatoms. The second kappa shape index (κ2) is 11.2. The van der Waals surface area contributed by atoms with E-state index < -0.39 is 17.6 Å². The molecule has 13 nitrogen and oxygen atoms in total. The number of ether oxygens (including phenoxy) is 2. The van der Waals surface area contributed by atoms with Crippen molar-refractivity contribution in [1.82, 2.24) is 29.5 Å². The molecule has 4 aromatic heterocycles. The molecule has 0 spiro atoms. The fourth-order valence-corrected chi connectivity index (χ4v) is 4.54. The first-order chi connectivity index (χ1) is 19.9. The third-order valence-electron chi connectivity index (χ3n) is 6.92. The van der Waals surface area contributed by atoms with Gasteiger partial charge in [-0.25, -0.2) is 14.3 Å². The zero-order valence-electron chi connectivity index (χ0n) is 24.4. The highest BCUT2D eigenvalue weighted by Crippen LogP contribution is 2.27. The van der Waals surface area contributed by atoms with Crippen LogP contribution in [0.25, 0.3) is 11.3 Å². The normalized spacial score (nSPS) is 16.5. The van der Waals surface area contributed by atoms with Crippen molar-refractivity contribution < 1.29 is 19.1 Å². The molecule has 2 atom stereocenters. The van der Waals surface area contributed by atoms with Crippen LogP contribution in [0.4, 0.5) is 22.0 Å². The number of methoxy groups -OCH3 is 1. The van der Waals surface area contributed by atoms with Gasteiger partial charge in [0.25, 0.3) is 11.5 Å². The fourth-order valence-electron chi connectivity index (χ4n) is 4.54. The fraction of sp³-hybridized carbons (Fsp3) is 0.379. The lowest BCUT2D eigenvalue weighted by Gasteiger charge is -2.35. The van der Waals surface area contributed by atoms with Crippen molar-refractivity contribution in [3.63, 3.8) is 0 Å². The highest BCUT2D eigenvalue weighted by Gasteiger charge is 2.33. The molecule has 1 saturated carbocycles. The molecule has 4 heterocycles. The number of carbonyl (C=O) groups excluding carboxylic acids is 2. The Morgan fingerprint density at radius 3 is 2.55 bits per heavy atom. The van der Waals surface area contributed by atoms with Gasteiger partial charge in [-0.15, -0.1) is 5.10 Å². The molecular weight excluding hydrogens is 540 g/mol. The molecule has 4 aromatic rings. The Hall–Kier alpha value is -4.78. The number of nitrogens with one attached hydrogen (secondary N) is 2. The minimum absolute atomic E-state index is 0.0591. The number of aryl methyl sites for hydroxylation is 1. The maximum absolute atomic E-state index is 13.4. The Balaban J connectivity index is 1.55. The van der Waals surface area contributed by atoms with E-state index in [1.165, 1.54) is 20.2 Å². The summed E-state index contributed by atoms with van der Waals surface area (Å²) in [5.74, 6) is -0.186. The summed E-state index contributed by atoms with van der Waals surface area (Å²) in [6.07, 6.45) is 5.63. The zero-order chi connectivity index (χ0) is 30.2. The van der Waals surface area contributed by atoms with Crippen LogP contribution in [0.2, 0.25) is 0 Å². The second-order valence-corrected chi connectivity index (χ2v) is 11.1. The topological polar surface area (TPSA) is 145 Å². The molecule has 42 heavy (non-hydrogen) atoms. The number of rotatable bonds is 7. The number of carbonyl (C=O) groups is 2. The van der Waals surface area contributed by atoms with Gasteiger partial charge in [-0.1, -0.05) is 0 Å². The minimum Gasteiger partial charge on any atom is -0.443 e. The third-order valence-corrected chi connectivity index (χ3v) is 6.92. The largest absolute Gasteiger partial charge is 0.443 e. The van der Waals surface area contributed by atoms with Crippen molar-refractivity contribution in [3.05, 3.63) is 70.7 Å². The third kappa shape index (κ3) is 5.81. The van der Waals surface area contributed by atoms with Crippen LogP contribution in [0.1, 0.15) is 49.8 Å². The van der Waals surface area contributed by atoms with Gasteiger partial charge >= 0.3 is 6.09 Å². The SMILES string of the molecule is CO[C@@H]1CCC1NC(=O)c1cnc2c(N(C)C(=O)OC(C)(C)C)cc(Nc3cccn(-c4ccc(C)nc4)c3=O)nn12. The van der Waals surface area contributed by atoms with Gasteiger partial charge in [0.1, 0.15) is 11.3 Å². The lowest BCUT2D eigenvalue weighted by Crippen LogP contribution is -2.51. The summed E-state index contributed by atoms with van der Waals surface area (Å²) >= 11 is 0. The molecule has 0 saturated heterocycles. The van der Waals surface area contributed by atoms with Crippen LogP contribution in [0.15, 0.2) is 53.7 Å². The lowest BCUT2D eigenvalue weighted by molar-refractivity contribution is 0.00718. The summed E-state index contributed by atoms with van der Waals surface area (Å²) in [7, 11) is 3.15. The molecule has 0 aliphatic heterocycles. The first-order valence-electron chi connectivity index (χ1n) is 13.6. The van der Waals surface area contributed by atoms with Gasteiger partial charge in [0.15, 0.2) is 17.2 Å². The van der Waals surface area contributed by atoms with Gasteiger partial charge in [-0.05, 0) is 64.8 Å². The summed E-state index contributed by atoms with van der Waals surface area (Å²) in [4.78, 5) is 49.7. The van der Waals surface area contributed by atoms with E-state index in [1.54, 1.807) is 71.6 Å². The van der Waals surface area contributed by atoms with Crippen molar-refractivity contribution >= 4 is 34.8 Å². The summed E-state index contributed by atoms with van der Waals surface area (Å²) in [6, 6.07) is 8.41. The quantitative estimate of drug-likeness (QED) is 0.338. The standard InChI is InChI=1S/C29H34N8O5/c1-17-9-10-18(15-30-17)36-13-7-8-20(27(36)39)32-24-14-21(35(5)28(40)42-29(2,3)4)25-31-16-22(37(25)34-24)26(38)33-19-11-12-23(19)41-6/h7-10,13-16,19,23H,11-12H2,1-6H3,(H,32,34)(H,33,38)/t19?,23-/m1/s1. The maximum atomic E-state index is 13.4. The Kier molecular flexibility index (Phi) is 7.69. The van der Waals surface area contributed by atoms with E-state index in [9.17, 15) is 14.4 Å². The summed E-state index contributed by atoms with van der Waals surface area (Å²) in [6.45, 7) is 7.17. The number of fused-ring (bicyclic) bond motifs is 1. The van der Waals surface area contributed by atoms with Crippen LogP contribution < -0.4 is 21.1 Å². The Labute approximate surface area is 242 Å². The molecular formula is C29H34N8O5. The zero-order valence-corrected chi connectivity index (χ0v) is 24.4. The van der Waals surface area contributed by atoms with Gasteiger partial charge in [-0.2, -0.15) is 0 Å². The first kappa shape index (κ1) is 28.7. The lowest BCUT2D eigenvalue weighted by atomic mass is 9.89. The first-order valence-corrected chi connectivity index (χ1v) is 13.6. The highest BCUT2D eigenvalue weighted by atomic mass is 16.6. The van der Waals surface area contributed by atoms with Crippen molar-refractivity contribution in [1.29, 1.82) is 0 Å². The Morgan fingerprint density at radius 1 is 1.12 bits per heavy atom. The van der Waals surface area contributed by atoms with E-state index in [4.69, 9.17) is 9.47 Å². The molecule has 0 radical (unpaired) electrons. The predicted molar refractivity (Wildman–Crippen MR) is 157 cm³/mol. The maximum Gasteiger partial charge on any atom is 0.414 e. The molecule has 1 unspecified atom stereocenters. The second-order valence-electron chi connectivity index (χ2n) is 11.1. The number of pyridine rings is 2. The van der Waals surface area contributed by atoms with Crippen LogP contribution in [0, 0.1) is 6.92 Å². The van der Waals surface area contributed by atoms with Crippen molar-refractivity contribution in [2.75, 3.05) is 24.4 Å². The van der Waals surface area contributed by atoms with Crippen LogP contribution >= 0.6 is 0 Å². The number of amides is 2. The van der Waals surface area contributed by atoms with E-state index >= 15 is 0 Å². The number of anilines is 3. The van der Waals surface area contributed by atoms with Crippen LogP contribution in [-0.4, -0.2) is 68.1 Å². The van der Waals surface area contributed by atoms with Crippen molar-refractivity contribution in [3.8, 4) is 5.69 Å². The van der Waals surface area contributed by atoms with E-state index in [0.29, 0.717) is 11.4 Å². The van der Waals surface area contributed by atoms with E-state index in [1.807, 2.05) is 13.0 Å². The average Bonchev–Trinajstić information content (AvgIpc) is 3.35. The molecule has 2 N–H and O–H groups in total. The number of hydrogen-bond donors (Lipinski definition) is 2. The number of nitrogens with zero attached hydrogens (tertiary/aromatic N) is 6. The van der Waals surface area contributed by atoms with E-state index in [-0.39, 0.29) is 40.6 Å². The predicted octanol–water partition coefficient (Wildman–Crippen LogP) is 3.61. The van der Waals surface area contributed by atoms with Crippen molar-refractivity contribution in [2.24, 2.45) is 0 Å². The molecule has 2 amide bonds. The van der Waals surface area contributed by atoms with Gasteiger partial charge < -0.3 is 20.1 Å². The number of hydrogen-bond acceptors (Lipinski definition) is 9.